The van der Waals surface area contributed by atoms with Crippen molar-refractivity contribution in [1.29, 1.82) is 0 Å². The van der Waals surface area contributed by atoms with Gasteiger partial charge in [-0.25, -0.2) is 0 Å². The number of rotatable bonds is 1. The lowest BCUT2D eigenvalue weighted by molar-refractivity contribution is -0.0583. The van der Waals surface area contributed by atoms with E-state index in [0.29, 0.717) is 0 Å². The highest BCUT2D eigenvalue weighted by Gasteiger charge is 2.65. The molecule has 6 unspecified atom stereocenters. The normalized spacial score (nSPS) is 69.2. The molecular formula is C13H22. The summed E-state index contributed by atoms with van der Waals surface area (Å²) in [5.41, 5.74) is 0. The van der Waals surface area contributed by atoms with Crippen molar-refractivity contribution in [2.24, 2.45) is 47.3 Å². The van der Waals surface area contributed by atoms with E-state index in [1.807, 2.05) is 0 Å². The lowest BCUT2D eigenvalue weighted by atomic mass is 9.51. The van der Waals surface area contributed by atoms with Crippen molar-refractivity contribution in [3.05, 3.63) is 0 Å². The molecule has 3 fully saturated rings. The molecule has 0 aromatic heterocycles. The Morgan fingerprint density at radius 1 is 0.615 bits per heavy atom. The first-order valence-corrected chi connectivity index (χ1v) is 6.13. The molecule has 3 saturated carbocycles. The first-order chi connectivity index (χ1) is 6.13. The fourth-order valence-electron chi connectivity index (χ4n) is 4.64. The summed E-state index contributed by atoms with van der Waals surface area (Å²) in [4.78, 5) is 0. The van der Waals surface area contributed by atoms with Gasteiger partial charge in [-0.2, -0.15) is 0 Å². The van der Waals surface area contributed by atoms with Crippen molar-refractivity contribution in [2.45, 2.75) is 34.1 Å². The summed E-state index contributed by atoms with van der Waals surface area (Å²) >= 11 is 0. The maximum Gasteiger partial charge on any atom is -0.0323 e. The van der Waals surface area contributed by atoms with Gasteiger partial charge in [0.25, 0.3) is 0 Å². The minimum Gasteiger partial charge on any atom is -0.0620 e. The second-order valence-corrected chi connectivity index (χ2v) is 6.15. The van der Waals surface area contributed by atoms with Gasteiger partial charge in [-0.15, -0.1) is 0 Å². The van der Waals surface area contributed by atoms with E-state index in [2.05, 4.69) is 27.7 Å². The van der Waals surface area contributed by atoms with E-state index in [-0.39, 0.29) is 0 Å². The van der Waals surface area contributed by atoms with Crippen LogP contribution in [0.4, 0.5) is 0 Å². The standard InChI is InChI=1S/C13H22/c1-6-7(2)12(8(6)3)11-5-10-9(4)13(10)11/h6-13H,5H2,1-4H3. The van der Waals surface area contributed by atoms with Crippen LogP contribution in [0.1, 0.15) is 34.1 Å². The van der Waals surface area contributed by atoms with Gasteiger partial charge >= 0.3 is 0 Å². The molecule has 74 valence electrons. The Balaban J connectivity index is 1.68. The highest BCUT2D eigenvalue weighted by atomic mass is 14.7. The van der Waals surface area contributed by atoms with Crippen molar-refractivity contribution in [2.75, 3.05) is 0 Å². The number of fused-ring (bicyclic) bond motifs is 1. The molecule has 0 heterocycles. The summed E-state index contributed by atoms with van der Waals surface area (Å²) in [5.74, 6) is 8.71. The van der Waals surface area contributed by atoms with E-state index in [9.17, 15) is 0 Å². The Morgan fingerprint density at radius 2 is 1.23 bits per heavy atom. The molecule has 0 nitrogen and oxygen atoms in total. The summed E-state index contributed by atoms with van der Waals surface area (Å²) in [6, 6.07) is 0. The molecule has 13 heavy (non-hydrogen) atoms. The van der Waals surface area contributed by atoms with Crippen LogP contribution in [-0.4, -0.2) is 0 Å². The molecule has 0 bridgehead atoms. The summed E-state index contributed by atoms with van der Waals surface area (Å²) in [5, 5.41) is 0. The summed E-state index contributed by atoms with van der Waals surface area (Å²) in [6.07, 6.45) is 1.58. The minimum atomic E-state index is 0.998. The molecular weight excluding hydrogens is 156 g/mol. The first kappa shape index (κ1) is 8.32. The molecule has 3 aliphatic rings. The lowest BCUT2D eigenvalue weighted by Crippen LogP contribution is -2.48. The zero-order valence-electron chi connectivity index (χ0n) is 9.33. The quantitative estimate of drug-likeness (QED) is 0.577. The zero-order chi connectivity index (χ0) is 9.33. The third-order valence-corrected chi connectivity index (χ3v) is 6.04. The van der Waals surface area contributed by atoms with Crippen LogP contribution < -0.4 is 0 Å². The molecule has 0 N–H and O–H groups in total. The monoisotopic (exact) mass is 178 g/mol. The van der Waals surface area contributed by atoms with Gasteiger partial charge in [-0.3, -0.25) is 0 Å². The van der Waals surface area contributed by atoms with Crippen LogP contribution in [0.5, 0.6) is 0 Å². The van der Waals surface area contributed by atoms with Crippen molar-refractivity contribution in [3.8, 4) is 0 Å². The lowest BCUT2D eigenvalue weighted by Gasteiger charge is -2.54. The van der Waals surface area contributed by atoms with Crippen LogP contribution in [0.2, 0.25) is 0 Å². The van der Waals surface area contributed by atoms with E-state index in [1.165, 1.54) is 11.8 Å². The molecule has 3 rings (SSSR count). The first-order valence-electron chi connectivity index (χ1n) is 6.13. The maximum atomic E-state index is 2.48. The van der Waals surface area contributed by atoms with Crippen LogP contribution in [0.3, 0.4) is 0 Å². The molecule has 0 radical (unpaired) electrons. The van der Waals surface area contributed by atoms with Crippen LogP contribution in [-0.2, 0) is 0 Å². The molecule has 6 atom stereocenters. The summed E-state index contributed by atoms with van der Waals surface area (Å²) in [6.45, 7) is 9.87. The highest BCUT2D eigenvalue weighted by Crippen LogP contribution is 2.70. The van der Waals surface area contributed by atoms with Gasteiger partial charge in [0.15, 0.2) is 0 Å². The topological polar surface area (TPSA) is 0 Å². The van der Waals surface area contributed by atoms with Crippen LogP contribution in [0.15, 0.2) is 0 Å². The fourth-order valence-corrected chi connectivity index (χ4v) is 4.64. The average Bonchev–Trinajstić information content (AvgIpc) is 2.60. The van der Waals surface area contributed by atoms with E-state index in [1.54, 1.807) is 6.42 Å². The van der Waals surface area contributed by atoms with Gasteiger partial charge in [0.05, 0.1) is 0 Å². The molecule has 0 amide bonds. The Bertz CT molecular complexity index is 218. The van der Waals surface area contributed by atoms with Gasteiger partial charge in [0.2, 0.25) is 0 Å². The molecule has 0 aliphatic heterocycles. The van der Waals surface area contributed by atoms with E-state index < -0.39 is 0 Å². The van der Waals surface area contributed by atoms with Crippen LogP contribution >= 0.6 is 0 Å². The Kier molecular flexibility index (Phi) is 1.49. The summed E-state index contributed by atoms with van der Waals surface area (Å²) in [7, 11) is 0. The number of hydrogen-bond acceptors (Lipinski definition) is 0. The molecule has 0 saturated heterocycles. The third-order valence-electron chi connectivity index (χ3n) is 6.04. The van der Waals surface area contributed by atoms with Gasteiger partial charge in [0.1, 0.15) is 0 Å². The number of hydrogen-bond donors (Lipinski definition) is 0. The fraction of sp³-hybridized carbons (Fsp3) is 1.00. The van der Waals surface area contributed by atoms with Gasteiger partial charge in [-0.05, 0) is 53.8 Å². The third kappa shape index (κ3) is 0.831. The second kappa shape index (κ2) is 2.32. The maximum absolute atomic E-state index is 2.48. The van der Waals surface area contributed by atoms with Crippen LogP contribution in [0, 0.1) is 47.3 Å². The van der Waals surface area contributed by atoms with E-state index in [0.717, 1.165) is 35.5 Å². The Labute approximate surface area is 82.1 Å². The molecule has 0 heteroatoms. The Hall–Kier alpha value is 0. The smallest absolute Gasteiger partial charge is 0.0323 e. The van der Waals surface area contributed by atoms with Crippen molar-refractivity contribution < 1.29 is 0 Å². The van der Waals surface area contributed by atoms with E-state index >= 15 is 0 Å². The molecule has 3 aliphatic carbocycles. The van der Waals surface area contributed by atoms with Crippen molar-refractivity contribution in [3.63, 3.8) is 0 Å². The highest BCUT2D eigenvalue weighted by molar-refractivity contribution is 5.13. The van der Waals surface area contributed by atoms with E-state index in [4.69, 9.17) is 0 Å². The van der Waals surface area contributed by atoms with Crippen LogP contribution in [0.25, 0.3) is 0 Å². The predicted molar refractivity (Wildman–Crippen MR) is 55.2 cm³/mol. The predicted octanol–water partition coefficient (Wildman–Crippen LogP) is 3.43. The van der Waals surface area contributed by atoms with Crippen molar-refractivity contribution in [1.82, 2.24) is 0 Å². The van der Waals surface area contributed by atoms with Gasteiger partial charge in [0, 0.05) is 0 Å². The minimum absolute atomic E-state index is 0.998. The Morgan fingerprint density at radius 3 is 1.62 bits per heavy atom. The molecule has 0 aromatic rings. The van der Waals surface area contributed by atoms with Gasteiger partial charge in [-0.1, -0.05) is 27.7 Å². The average molecular weight is 178 g/mol. The van der Waals surface area contributed by atoms with Gasteiger partial charge < -0.3 is 0 Å². The SMILES string of the molecule is CC1C(C)C(C2CC3C(C)C32)C1C. The molecule has 0 aromatic carbocycles. The summed E-state index contributed by atoms with van der Waals surface area (Å²) < 4.78 is 0. The van der Waals surface area contributed by atoms with Crippen molar-refractivity contribution >= 4 is 0 Å². The molecule has 0 spiro atoms. The second-order valence-electron chi connectivity index (χ2n) is 6.15. The zero-order valence-corrected chi connectivity index (χ0v) is 9.33. The largest absolute Gasteiger partial charge is 0.0620 e.